The van der Waals surface area contributed by atoms with Crippen LogP contribution in [0.5, 0.6) is 11.5 Å². The van der Waals surface area contributed by atoms with Crippen molar-refractivity contribution in [3.63, 3.8) is 0 Å². The number of allylic oxidation sites excluding steroid dienone is 3. The molecule has 0 aromatic heterocycles. The van der Waals surface area contributed by atoms with Gasteiger partial charge in [0.1, 0.15) is 11.5 Å². The summed E-state index contributed by atoms with van der Waals surface area (Å²) in [6.45, 7) is 12.8. The van der Waals surface area contributed by atoms with E-state index in [9.17, 15) is 20.3 Å². The molecule has 31 heavy (non-hydrogen) atoms. The molecule has 0 unspecified atom stereocenters. The number of phenols is 2. The normalized spacial score (nSPS) is 19.0. The lowest BCUT2D eigenvalue weighted by Gasteiger charge is -2.36. The predicted octanol–water partition coefficient (Wildman–Crippen LogP) is 6.55. The van der Waals surface area contributed by atoms with Gasteiger partial charge in [0.25, 0.3) is 5.09 Å². The van der Waals surface area contributed by atoms with Gasteiger partial charge in [-0.1, -0.05) is 56.9 Å². The van der Waals surface area contributed by atoms with Crippen LogP contribution in [0.25, 0.3) is 0 Å². The van der Waals surface area contributed by atoms with Crippen LogP contribution in [0.3, 0.4) is 0 Å². The summed E-state index contributed by atoms with van der Waals surface area (Å²) in [6.07, 6.45) is 8.60. The smallest absolute Gasteiger partial charge is 0.294 e. The van der Waals surface area contributed by atoms with Gasteiger partial charge in [0.2, 0.25) is 0 Å². The summed E-state index contributed by atoms with van der Waals surface area (Å²) in [5.74, 6) is 0.516. The highest BCUT2D eigenvalue weighted by Crippen LogP contribution is 2.48. The van der Waals surface area contributed by atoms with Gasteiger partial charge in [0.15, 0.2) is 0 Å². The summed E-state index contributed by atoms with van der Waals surface area (Å²) < 4.78 is 0. The maximum atomic E-state index is 10.9. The molecule has 0 saturated carbocycles. The Balaban J connectivity index is 2.22. The molecule has 0 bridgehead atoms. The second-order valence-electron chi connectivity index (χ2n) is 9.56. The van der Waals surface area contributed by atoms with E-state index in [0.29, 0.717) is 6.42 Å². The zero-order valence-corrected chi connectivity index (χ0v) is 19.3. The van der Waals surface area contributed by atoms with Gasteiger partial charge in [-0.15, -0.1) is 10.1 Å². The molecule has 2 rings (SSSR count). The van der Waals surface area contributed by atoms with Crippen molar-refractivity contribution < 1.29 is 20.1 Å². The highest BCUT2D eigenvalue weighted by atomic mass is 16.9. The molecule has 2 atom stereocenters. The first-order chi connectivity index (χ1) is 14.5. The zero-order chi connectivity index (χ0) is 23.2. The SMILES string of the molecule is C=C(C)[C@H]1CCC(C)=C[C@@H]1c1c(O)cc(O)cc1C(C)(C)CCCCCCO[N+](=O)[O-]. The molecule has 172 valence electrons. The molecule has 1 aliphatic carbocycles. The molecule has 0 spiro atoms. The Morgan fingerprint density at radius 2 is 1.94 bits per heavy atom. The number of hydrogen-bond acceptors (Lipinski definition) is 5. The van der Waals surface area contributed by atoms with E-state index in [-0.39, 0.29) is 35.4 Å². The van der Waals surface area contributed by atoms with Crippen LogP contribution in [0.1, 0.15) is 89.7 Å². The van der Waals surface area contributed by atoms with Crippen LogP contribution in [-0.2, 0) is 10.3 Å². The highest BCUT2D eigenvalue weighted by Gasteiger charge is 2.34. The van der Waals surface area contributed by atoms with Gasteiger partial charge < -0.3 is 15.1 Å². The first-order valence-electron chi connectivity index (χ1n) is 11.2. The molecule has 0 amide bonds. The minimum Gasteiger partial charge on any atom is -0.508 e. The van der Waals surface area contributed by atoms with E-state index in [1.165, 1.54) is 11.6 Å². The summed E-state index contributed by atoms with van der Waals surface area (Å²) >= 11 is 0. The van der Waals surface area contributed by atoms with Crippen molar-refractivity contribution in [3.8, 4) is 11.5 Å². The second-order valence-corrected chi connectivity index (χ2v) is 9.56. The van der Waals surface area contributed by atoms with E-state index < -0.39 is 5.09 Å². The second kappa shape index (κ2) is 10.7. The first kappa shape index (κ1) is 24.8. The zero-order valence-electron chi connectivity index (χ0n) is 19.3. The van der Waals surface area contributed by atoms with Crippen LogP contribution in [0, 0.1) is 16.0 Å². The van der Waals surface area contributed by atoms with Crippen LogP contribution < -0.4 is 0 Å². The number of unbranched alkanes of at least 4 members (excludes halogenated alkanes) is 3. The van der Waals surface area contributed by atoms with Crippen LogP contribution in [0.4, 0.5) is 0 Å². The van der Waals surface area contributed by atoms with Crippen molar-refractivity contribution in [2.75, 3.05) is 6.61 Å². The number of phenolic OH excluding ortho intramolecular Hbond substituents is 2. The molecule has 0 radical (unpaired) electrons. The lowest BCUT2D eigenvalue weighted by Crippen LogP contribution is -2.24. The summed E-state index contributed by atoms with van der Waals surface area (Å²) in [7, 11) is 0. The van der Waals surface area contributed by atoms with Crippen LogP contribution >= 0.6 is 0 Å². The van der Waals surface area contributed by atoms with E-state index in [4.69, 9.17) is 0 Å². The van der Waals surface area contributed by atoms with Gasteiger partial charge in [0, 0.05) is 17.5 Å². The quantitative estimate of drug-likeness (QED) is 0.179. The van der Waals surface area contributed by atoms with Crippen molar-refractivity contribution in [2.24, 2.45) is 5.92 Å². The Labute approximate surface area is 185 Å². The number of rotatable bonds is 11. The lowest BCUT2D eigenvalue weighted by molar-refractivity contribution is -0.757. The Morgan fingerprint density at radius 1 is 1.26 bits per heavy atom. The van der Waals surface area contributed by atoms with Gasteiger partial charge in [-0.2, -0.15) is 0 Å². The Bertz CT molecular complexity index is 827. The molecule has 0 heterocycles. The first-order valence-corrected chi connectivity index (χ1v) is 11.2. The van der Waals surface area contributed by atoms with Crippen LogP contribution in [0.2, 0.25) is 0 Å². The summed E-state index contributed by atoms with van der Waals surface area (Å²) in [4.78, 5) is 14.6. The number of aromatic hydroxyl groups is 2. The lowest BCUT2D eigenvalue weighted by atomic mass is 9.68. The third-order valence-electron chi connectivity index (χ3n) is 6.48. The van der Waals surface area contributed by atoms with E-state index in [1.54, 1.807) is 6.07 Å². The molecular weight excluding hydrogens is 394 g/mol. The maximum Gasteiger partial charge on any atom is 0.294 e. The van der Waals surface area contributed by atoms with E-state index in [1.807, 2.05) is 0 Å². The average molecular weight is 432 g/mol. The Hall–Kier alpha value is -2.50. The third-order valence-corrected chi connectivity index (χ3v) is 6.48. The molecule has 6 nitrogen and oxygen atoms in total. The van der Waals surface area contributed by atoms with Crippen molar-refractivity contribution in [1.82, 2.24) is 0 Å². The molecule has 2 N–H and O–H groups in total. The summed E-state index contributed by atoms with van der Waals surface area (Å²) in [5, 5.41) is 30.6. The monoisotopic (exact) mass is 431 g/mol. The summed E-state index contributed by atoms with van der Waals surface area (Å²) in [5.41, 5.74) is 4.05. The molecule has 0 aliphatic heterocycles. The van der Waals surface area contributed by atoms with Gasteiger partial charge in [-0.05, 0) is 62.5 Å². The average Bonchev–Trinajstić information content (AvgIpc) is 2.66. The minimum atomic E-state index is -0.751. The standard InChI is InChI=1S/C25H37NO5/c1-17(2)20-11-10-18(3)14-21(20)24-22(15-19(27)16-23(24)28)25(4,5)12-8-6-7-9-13-31-26(29)30/h14-16,20-21,27-28H,1,6-13H2,2-5H3/t20-,21+/m1/s1. The van der Waals surface area contributed by atoms with Crippen molar-refractivity contribution in [2.45, 2.75) is 84.0 Å². The van der Waals surface area contributed by atoms with Crippen molar-refractivity contribution in [1.29, 1.82) is 0 Å². The number of benzene rings is 1. The summed E-state index contributed by atoms with van der Waals surface area (Å²) in [6, 6.07) is 3.24. The Morgan fingerprint density at radius 3 is 2.58 bits per heavy atom. The van der Waals surface area contributed by atoms with E-state index >= 15 is 0 Å². The molecule has 6 heteroatoms. The van der Waals surface area contributed by atoms with Gasteiger partial charge in [-0.3, -0.25) is 0 Å². The molecule has 0 saturated heterocycles. The highest BCUT2D eigenvalue weighted by molar-refractivity contribution is 5.53. The largest absolute Gasteiger partial charge is 0.508 e. The fourth-order valence-corrected chi connectivity index (χ4v) is 4.74. The molecule has 1 aliphatic rings. The minimum absolute atomic E-state index is 0.0420. The maximum absolute atomic E-state index is 10.9. The van der Waals surface area contributed by atoms with Crippen LogP contribution in [-0.4, -0.2) is 21.9 Å². The molecule has 0 fully saturated rings. The molecular formula is C25H37NO5. The van der Waals surface area contributed by atoms with Gasteiger partial charge >= 0.3 is 0 Å². The fourth-order valence-electron chi connectivity index (χ4n) is 4.74. The molecule has 1 aromatic rings. The van der Waals surface area contributed by atoms with E-state index in [2.05, 4.69) is 45.2 Å². The topological polar surface area (TPSA) is 92.8 Å². The molecule has 1 aromatic carbocycles. The van der Waals surface area contributed by atoms with Crippen molar-refractivity contribution >= 4 is 0 Å². The van der Waals surface area contributed by atoms with Crippen molar-refractivity contribution in [3.05, 3.63) is 57.2 Å². The number of hydrogen-bond donors (Lipinski definition) is 2. The Kier molecular flexibility index (Phi) is 8.54. The third kappa shape index (κ3) is 6.74. The fraction of sp³-hybridized carbons (Fsp3) is 0.600. The number of nitrogens with zero attached hydrogens (tertiary/aromatic N) is 1. The predicted molar refractivity (Wildman–Crippen MR) is 123 cm³/mol. The van der Waals surface area contributed by atoms with Crippen LogP contribution in [0.15, 0.2) is 35.9 Å². The van der Waals surface area contributed by atoms with E-state index in [0.717, 1.165) is 55.2 Å². The van der Waals surface area contributed by atoms with Gasteiger partial charge in [-0.25, -0.2) is 0 Å². The van der Waals surface area contributed by atoms with Gasteiger partial charge in [0.05, 0.1) is 6.61 Å².